The second kappa shape index (κ2) is 9.91. The molecule has 1 aromatic rings. The number of thioether (sulfide) groups is 1. The molecule has 0 spiro atoms. The molecular weight excluding hydrogens is 360 g/mol. The summed E-state index contributed by atoms with van der Waals surface area (Å²) in [6.45, 7) is 4.23. The van der Waals surface area contributed by atoms with E-state index in [1.807, 2.05) is 19.9 Å². The summed E-state index contributed by atoms with van der Waals surface area (Å²) in [6, 6.07) is 4.74. The number of amides is 3. The molecule has 1 aliphatic rings. The second-order valence-electron chi connectivity index (χ2n) is 5.59. The van der Waals surface area contributed by atoms with E-state index in [1.165, 1.54) is 11.8 Å². The van der Waals surface area contributed by atoms with Gasteiger partial charge < -0.3 is 19.5 Å². The minimum Gasteiger partial charge on any atom is -0.486 e. The van der Waals surface area contributed by atoms with Gasteiger partial charge in [-0.15, -0.1) is 11.8 Å². The van der Waals surface area contributed by atoms with Crippen molar-refractivity contribution in [1.29, 1.82) is 0 Å². The zero-order valence-corrected chi connectivity index (χ0v) is 15.5. The Morgan fingerprint density at radius 1 is 1.23 bits per heavy atom. The summed E-state index contributed by atoms with van der Waals surface area (Å²) in [6.07, 6.45) is 0.744. The third-order valence-corrected chi connectivity index (χ3v) is 4.44. The molecule has 26 heavy (non-hydrogen) atoms. The van der Waals surface area contributed by atoms with Gasteiger partial charge in [-0.1, -0.05) is 6.92 Å². The number of benzene rings is 1. The number of rotatable bonds is 7. The number of ether oxygens (including phenoxy) is 3. The van der Waals surface area contributed by atoms with Gasteiger partial charge in [0.15, 0.2) is 18.1 Å². The van der Waals surface area contributed by atoms with Crippen molar-refractivity contribution in [3.05, 3.63) is 18.2 Å². The fraction of sp³-hybridized carbons (Fsp3) is 0.471. The quantitative estimate of drug-likeness (QED) is 0.547. The number of urea groups is 1. The van der Waals surface area contributed by atoms with E-state index in [1.54, 1.807) is 12.1 Å². The molecule has 0 unspecified atom stereocenters. The molecule has 1 aromatic carbocycles. The molecule has 2 rings (SSSR count). The van der Waals surface area contributed by atoms with E-state index in [-0.39, 0.29) is 11.8 Å². The van der Waals surface area contributed by atoms with Crippen molar-refractivity contribution in [2.75, 3.05) is 25.6 Å². The molecule has 1 aliphatic heterocycles. The number of imide groups is 1. The lowest BCUT2D eigenvalue weighted by Gasteiger charge is -2.18. The normalized spacial score (nSPS) is 13.5. The van der Waals surface area contributed by atoms with Crippen molar-refractivity contribution in [3.8, 4) is 11.5 Å². The Morgan fingerprint density at radius 2 is 1.96 bits per heavy atom. The van der Waals surface area contributed by atoms with Gasteiger partial charge in [0.05, 0.1) is 5.75 Å². The highest BCUT2D eigenvalue weighted by Gasteiger charge is 2.14. The van der Waals surface area contributed by atoms with Crippen LogP contribution in [0.5, 0.6) is 11.5 Å². The summed E-state index contributed by atoms with van der Waals surface area (Å²) in [4.78, 5) is 35.6. The lowest BCUT2D eigenvalue weighted by molar-refractivity contribution is -0.145. The highest BCUT2D eigenvalue weighted by Crippen LogP contribution is 2.34. The summed E-state index contributed by atoms with van der Waals surface area (Å²) in [5.41, 5.74) is 0. The van der Waals surface area contributed by atoms with Crippen LogP contribution in [-0.2, 0) is 14.3 Å². The zero-order valence-electron chi connectivity index (χ0n) is 14.7. The number of hydrogen-bond donors (Lipinski definition) is 2. The number of fused-ring (bicyclic) bond motifs is 1. The van der Waals surface area contributed by atoms with Crippen LogP contribution in [-0.4, -0.2) is 49.5 Å². The van der Waals surface area contributed by atoms with E-state index >= 15 is 0 Å². The van der Waals surface area contributed by atoms with Crippen LogP contribution in [0.25, 0.3) is 0 Å². The van der Waals surface area contributed by atoms with E-state index < -0.39 is 24.5 Å². The topological polar surface area (TPSA) is 103 Å². The van der Waals surface area contributed by atoms with Gasteiger partial charge in [-0.05, 0) is 31.5 Å². The number of carbonyl (C=O) groups excluding carboxylic acids is 3. The van der Waals surface area contributed by atoms with Gasteiger partial charge >= 0.3 is 12.0 Å². The van der Waals surface area contributed by atoms with Crippen LogP contribution in [0.15, 0.2) is 23.1 Å². The minimum atomic E-state index is -0.677. The van der Waals surface area contributed by atoms with Gasteiger partial charge in [-0.3, -0.25) is 14.9 Å². The molecule has 1 atom stereocenters. The summed E-state index contributed by atoms with van der Waals surface area (Å²) in [5, 5.41) is 4.69. The SMILES string of the molecule is CC[C@@H](C)NC(=O)NC(=O)COC(=O)CSc1ccc2c(c1)OCCO2. The first-order valence-electron chi connectivity index (χ1n) is 8.26. The number of esters is 1. The minimum absolute atomic E-state index is 0.0337. The molecule has 1 heterocycles. The van der Waals surface area contributed by atoms with Crippen molar-refractivity contribution >= 4 is 29.7 Å². The average molecular weight is 382 g/mol. The Labute approximate surface area is 155 Å². The maximum absolute atomic E-state index is 11.7. The Balaban J connectivity index is 1.69. The molecule has 2 N–H and O–H groups in total. The first-order valence-corrected chi connectivity index (χ1v) is 9.25. The highest BCUT2D eigenvalue weighted by atomic mass is 32.2. The molecule has 0 fully saturated rings. The first kappa shape index (κ1) is 19.9. The van der Waals surface area contributed by atoms with Crippen LogP contribution < -0.4 is 20.1 Å². The van der Waals surface area contributed by atoms with Crippen LogP contribution in [0.2, 0.25) is 0 Å². The molecular formula is C17H22N2O6S. The predicted molar refractivity (Wildman–Crippen MR) is 95.5 cm³/mol. The van der Waals surface area contributed by atoms with E-state index in [0.717, 1.165) is 11.3 Å². The van der Waals surface area contributed by atoms with Crippen molar-refractivity contribution < 1.29 is 28.6 Å². The molecule has 0 aromatic heterocycles. The number of hydrogen-bond acceptors (Lipinski definition) is 7. The molecule has 3 amide bonds. The van der Waals surface area contributed by atoms with Gasteiger partial charge in [-0.2, -0.15) is 0 Å². The Hall–Kier alpha value is -2.42. The molecule has 0 saturated heterocycles. The van der Waals surface area contributed by atoms with Gasteiger partial charge in [-0.25, -0.2) is 4.79 Å². The molecule has 8 nitrogen and oxygen atoms in total. The number of nitrogens with one attached hydrogen (secondary N) is 2. The number of carbonyl (C=O) groups is 3. The summed E-state index contributed by atoms with van der Waals surface area (Å²) in [5.74, 6) is 0.120. The molecule has 142 valence electrons. The first-order chi connectivity index (χ1) is 12.5. The van der Waals surface area contributed by atoms with E-state index in [4.69, 9.17) is 14.2 Å². The Bertz CT molecular complexity index is 667. The van der Waals surface area contributed by atoms with Gasteiger partial charge in [0.25, 0.3) is 5.91 Å². The van der Waals surface area contributed by atoms with Crippen molar-refractivity contribution in [1.82, 2.24) is 10.6 Å². The highest BCUT2D eigenvalue weighted by molar-refractivity contribution is 8.00. The van der Waals surface area contributed by atoms with E-state index in [0.29, 0.717) is 24.7 Å². The van der Waals surface area contributed by atoms with Crippen LogP contribution in [0.4, 0.5) is 4.79 Å². The fourth-order valence-corrected chi connectivity index (χ4v) is 2.69. The summed E-state index contributed by atoms with van der Waals surface area (Å²) >= 11 is 1.26. The van der Waals surface area contributed by atoms with Crippen LogP contribution in [0.3, 0.4) is 0 Å². The third kappa shape index (κ3) is 6.47. The van der Waals surface area contributed by atoms with Crippen LogP contribution >= 0.6 is 11.8 Å². The third-order valence-electron chi connectivity index (χ3n) is 3.48. The predicted octanol–water partition coefficient (Wildman–Crippen LogP) is 1.72. The van der Waals surface area contributed by atoms with E-state index in [2.05, 4.69) is 10.6 Å². The zero-order chi connectivity index (χ0) is 18.9. The largest absolute Gasteiger partial charge is 0.486 e. The van der Waals surface area contributed by atoms with Crippen molar-refractivity contribution in [2.45, 2.75) is 31.2 Å². The second-order valence-corrected chi connectivity index (χ2v) is 6.63. The monoisotopic (exact) mass is 382 g/mol. The average Bonchev–Trinajstić information content (AvgIpc) is 2.64. The molecule has 0 aliphatic carbocycles. The van der Waals surface area contributed by atoms with Crippen LogP contribution in [0, 0.1) is 0 Å². The fourth-order valence-electron chi connectivity index (χ4n) is 1.97. The summed E-state index contributed by atoms with van der Waals surface area (Å²) < 4.78 is 15.8. The smallest absolute Gasteiger partial charge is 0.321 e. The maximum Gasteiger partial charge on any atom is 0.321 e. The molecule has 0 bridgehead atoms. The maximum atomic E-state index is 11.7. The van der Waals surface area contributed by atoms with Crippen molar-refractivity contribution in [2.24, 2.45) is 0 Å². The van der Waals surface area contributed by atoms with Gasteiger partial charge in [0.1, 0.15) is 13.2 Å². The van der Waals surface area contributed by atoms with Gasteiger partial charge in [0, 0.05) is 10.9 Å². The molecule has 9 heteroatoms. The standard InChI is InChI=1S/C17H22N2O6S/c1-3-11(2)18-17(22)19-15(20)9-25-16(21)10-26-12-4-5-13-14(8-12)24-7-6-23-13/h4-5,8,11H,3,6-7,9-10H2,1-2H3,(H2,18,19,20,22)/t11-/m1/s1. The molecule has 0 saturated carbocycles. The lowest BCUT2D eigenvalue weighted by Crippen LogP contribution is -2.44. The van der Waals surface area contributed by atoms with Crippen molar-refractivity contribution in [3.63, 3.8) is 0 Å². The Morgan fingerprint density at radius 3 is 2.69 bits per heavy atom. The van der Waals surface area contributed by atoms with Gasteiger partial charge in [0.2, 0.25) is 0 Å². The van der Waals surface area contributed by atoms with E-state index in [9.17, 15) is 14.4 Å². The molecule has 0 radical (unpaired) electrons. The Kier molecular flexibility index (Phi) is 7.58. The van der Waals surface area contributed by atoms with Crippen LogP contribution in [0.1, 0.15) is 20.3 Å². The summed E-state index contributed by atoms with van der Waals surface area (Å²) in [7, 11) is 0. The lowest BCUT2D eigenvalue weighted by atomic mass is 10.3.